The number of carbonyl (C=O) groups is 2. The number of benzene rings is 2. The number of hydrogen-bond donors (Lipinski definition) is 2. The van der Waals surface area contributed by atoms with Crippen LogP contribution in [0.25, 0.3) is 0 Å². The second-order valence-corrected chi connectivity index (χ2v) is 6.82. The van der Waals surface area contributed by atoms with Gasteiger partial charge in [-0.3, -0.25) is 9.59 Å². The first kappa shape index (κ1) is 17.2. The zero-order chi connectivity index (χ0) is 18.0. The third kappa shape index (κ3) is 3.90. The van der Waals surface area contributed by atoms with Crippen LogP contribution in [0.2, 0.25) is 0 Å². The maximum absolute atomic E-state index is 12.7. The number of amides is 1. The van der Waals surface area contributed by atoms with Gasteiger partial charge in [0.2, 0.25) is 5.91 Å². The van der Waals surface area contributed by atoms with Crippen LogP contribution in [-0.4, -0.2) is 17.0 Å². The molecule has 2 N–H and O–H groups in total. The lowest BCUT2D eigenvalue weighted by atomic mass is 9.98. The summed E-state index contributed by atoms with van der Waals surface area (Å²) in [6, 6.07) is 15.2. The molecule has 0 aliphatic heterocycles. The molecular formula is C21H23NO3. The Kier molecular flexibility index (Phi) is 4.88. The summed E-state index contributed by atoms with van der Waals surface area (Å²) < 4.78 is 0. The van der Waals surface area contributed by atoms with Crippen LogP contribution in [0.3, 0.4) is 0 Å². The molecule has 3 unspecified atom stereocenters. The number of nitrogens with one attached hydrogen (secondary N) is 1. The fourth-order valence-electron chi connectivity index (χ4n) is 3.50. The maximum Gasteiger partial charge on any atom is 0.305 e. The molecule has 3 rings (SSSR count). The smallest absolute Gasteiger partial charge is 0.305 e. The summed E-state index contributed by atoms with van der Waals surface area (Å²) in [5, 5.41) is 12.2. The van der Waals surface area contributed by atoms with Gasteiger partial charge in [0, 0.05) is 5.92 Å². The van der Waals surface area contributed by atoms with E-state index in [2.05, 4.69) is 24.4 Å². The Bertz CT molecular complexity index is 799. The summed E-state index contributed by atoms with van der Waals surface area (Å²) in [5.74, 6) is -0.799. The molecule has 25 heavy (non-hydrogen) atoms. The highest BCUT2D eigenvalue weighted by Crippen LogP contribution is 2.48. The van der Waals surface area contributed by atoms with E-state index in [1.165, 1.54) is 11.1 Å². The molecule has 1 aliphatic carbocycles. The van der Waals surface area contributed by atoms with Crippen molar-refractivity contribution in [2.45, 2.75) is 38.6 Å². The number of aliphatic carboxylic acids is 1. The van der Waals surface area contributed by atoms with Crippen molar-refractivity contribution in [3.05, 3.63) is 70.8 Å². The van der Waals surface area contributed by atoms with Gasteiger partial charge in [-0.05, 0) is 48.4 Å². The molecule has 0 spiro atoms. The Morgan fingerprint density at radius 3 is 2.36 bits per heavy atom. The largest absolute Gasteiger partial charge is 0.481 e. The highest BCUT2D eigenvalue weighted by Gasteiger charge is 2.45. The average molecular weight is 337 g/mol. The minimum Gasteiger partial charge on any atom is -0.481 e. The van der Waals surface area contributed by atoms with Crippen LogP contribution in [0.4, 0.5) is 0 Å². The molecule has 1 aliphatic rings. The Morgan fingerprint density at radius 2 is 1.72 bits per heavy atom. The molecule has 2 aromatic carbocycles. The molecule has 0 heterocycles. The lowest BCUT2D eigenvalue weighted by molar-refractivity contribution is -0.137. The molecule has 130 valence electrons. The number of carbonyl (C=O) groups excluding carboxylic acids is 1. The first-order chi connectivity index (χ1) is 12.0. The number of carboxylic acid groups (broad SMARTS) is 1. The summed E-state index contributed by atoms with van der Waals surface area (Å²) in [6.07, 6.45) is 0.711. The van der Waals surface area contributed by atoms with Gasteiger partial charge >= 0.3 is 5.97 Å². The first-order valence-corrected chi connectivity index (χ1v) is 8.60. The molecular weight excluding hydrogens is 314 g/mol. The van der Waals surface area contributed by atoms with Crippen molar-refractivity contribution in [3.8, 4) is 0 Å². The fraction of sp³-hybridized carbons (Fsp3) is 0.333. The van der Waals surface area contributed by atoms with Gasteiger partial charge < -0.3 is 10.4 Å². The van der Waals surface area contributed by atoms with E-state index in [1.54, 1.807) is 0 Å². The number of carboxylic acids is 1. The monoisotopic (exact) mass is 337 g/mol. The molecule has 0 saturated heterocycles. The van der Waals surface area contributed by atoms with Crippen LogP contribution >= 0.6 is 0 Å². The molecule has 3 atom stereocenters. The van der Waals surface area contributed by atoms with Gasteiger partial charge in [0.15, 0.2) is 0 Å². The van der Waals surface area contributed by atoms with E-state index in [0.29, 0.717) is 0 Å². The first-order valence-electron chi connectivity index (χ1n) is 8.60. The van der Waals surface area contributed by atoms with Gasteiger partial charge in [-0.25, -0.2) is 0 Å². The molecule has 2 aromatic rings. The zero-order valence-corrected chi connectivity index (χ0v) is 14.5. The second kappa shape index (κ2) is 7.09. The standard InChI is InChI=1S/C21H23NO3/c1-13-7-3-5-9-15(13)17-11-18(17)21(25)22-19(12-20(23)24)16-10-6-4-8-14(16)2/h3-10,17-19H,11-12H2,1-2H3,(H,22,25)(H,23,24). The Labute approximate surface area is 147 Å². The Morgan fingerprint density at radius 1 is 1.08 bits per heavy atom. The summed E-state index contributed by atoms with van der Waals surface area (Å²) in [7, 11) is 0. The van der Waals surface area contributed by atoms with Crippen LogP contribution < -0.4 is 5.32 Å². The van der Waals surface area contributed by atoms with E-state index in [4.69, 9.17) is 0 Å². The third-order valence-electron chi connectivity index (χ3n) is 4.97. The average Bonchev–Trinajstić information content (AvgIpc) is 3.35. The molecule has 0 bridgehead atoms. The summed E-state index contributed by atoms with van der Waals surface area (Å²) in [4.78, 5) is 23.9. The van der Waals surface area contributed by atoms with Gasteiger partial charge in [0.25, 0.3) is 0 Å². The van der Waals surface area contributed by atoms with Crippen LogP contribution in [-0.2, 0) is 9.59 Å². The normalized spacial score (nSPS) is 19.9. The van der Waals surface area contributed by atoms with E-state index in [1.807, 2.05) is 43.3 Å². The molecule has 1 saturated carbocycles. The van der Waals surface area contributed by atoms with Crippen molar-refractivity contribution >= 4 is 11.9 Å². The van der Waals surface area contributed by atoms with E-state index >= 15 is 0 Å². The number of rotatable bonds is 6. The van der Waals surface area contributed by atoms with Gasteiger partial charge in [-0.2, -0.15) is 0 Å². The predicted molar refractivity (Wildman–Crippen MR) is 96.3 cm³/mol. The predicted octanol–water partition coefficient (Wildman–Crippen LogP) is 3.74. The van der Waals surface area contributed by atoms with E-state index < -0.39 is 12.0 Å². The Balaban J connectivity index is 1.73. The van der Waals surface area contributed by atoms with Crippen molar-refractivity contribution in [3.63, 3.8) is 0 Å². The summed E-state index contributed by atoms with van der Waals surface area (Å²) >= 11 is 0. The molecule has 4 nitrogen and oxygen atoms in total. The molecule has 0 radical (unpaired) electrons. The van der Waals surface area contributed by atoms with E-state index in [-0.39, 0.29) is 24.2 Å². The number of aryl methyl sites for hydroxylation is 2. The lowest BCUT2D eigenvalue weighted by Crippen LogP contribution is -2.32. The van der Waals surface area contributed by atoms with Crippen molar-refractivity contribution in [2.75, 3.05) is 0 Å². The Hall–Kier alpha value is -2.62. The van der Waals surface area contributed by atoms with Gasteiger partial charge in [-0.15, -0.1) is 0 Å². The lowest BCUT2D eigenvalue weighted by Gasteiger charge is -2.19. The number of hydrogen-bond acceptors (Lipinski definition) is 2. The van der Waals surface area contributed by atoms with Gasteiger partial charge in [-0.1, -0.05) is 48.5 Å². The van der Waals surface area contributed by atoms with E-state index in [0.717, 1.165) is 17.5 Å². The van der Waals surface area contributed by atoms with Crippen molar-refractivity contribution in [2.24, 2.45) is 5.92 Å². The molecule has 4 heteroatoms. The molecule has 0 aromatic heterocycles. The minimum atomic E-state index is -0.917. The second-order valence-electron chi connectivity index (χ2n) is 6.82. The SMILES string of the molecule is Cc1ccccc1C(CC(=O)O)NC(=O)C1CC1c1ccccc1C. The quantitative estimate of drug-likeness (QED) is 0.844. The third-order valence-corrected chi connectivity index (χ3v) is 4.97. The molecule has 1 amide bonds. The summed E-state index contributed by atoms with van der Waals surface area (Å²) in [5.41, 5.74) is 4.27. The van der Waals surface area contributed by atoms with Crippen LogP contribution in [0.5, 0.6) is 0 Å². The van der Waals surface area contributed by atoms with Gasteiger partial charge in [0.1, 0.15) is 0 Å². The van der Waals surface area contributed by atoms with Crippen molar-refractivity contribution in [1.82, 2.24) is 5.32 Å². The maximum atomic E-state index is 12.7. The zero-order valence-electron chi connectivity index (χ0n) is 14.5. The van der Waals surface area contributed by atoms with Crippen molar-refractivity contribution in [1.29, 1.82) is 0 Å². The highest BCUT2D eigenvalue weighted by atomic mass is 16.4. The van der Waals surface area contributed by atoms with E-state index in [9.17, 15) is 14.7 Å². The van der Waals surface area contributed by atoms with Crippen LogP contribution in [0.15, 0.2) is 48.5 Å². The van der Waals surface area contributed by atoms with Crippen LogP contribution in [0.1, 0.15) is 47.1 Å². The molecule has 1 fully saturated rings. The summed E-state index contributed by atoms with van der Waals surface area (Å²) in [6.45, 7) is 3.99. The van der Waals surface area contributed by atoms with Gasteiger partial charge in [0.05, 0.1) is 12.5 Å². The fourth-order valence-corrected chi connectivity index (χ4v) is 3.50. The minimum absolute atomic E-state index is 0.0530. The topological polar surface area (TPSA) is 66.4 Å². The van der Waals surface area contributed by atoms with Crippen LogP contribution in [0, 0.1) is 19.8 Å². The highest BCUT2D eigenvalue weighted by molar-refractivity contribution is 5.84. The van der Waals surface area contributed by atoms with Crippen molar-refractivity contribution < 1.29 is 14.7 Å².